The molecule has 0 saturated carbocycles. The second kappa shape index (κ2) is 8.72. The number of hydrogen-bond acceptors (Lipinski definition) is 3. The normalized spacial score (nSPS) is 14.0. The van der Waals surface area contributed by atoms with Gasteiger partial charge in [-0.2, -0.15) is 0 Å². The van der Waals surface area contributed by atoms with Crippen molar-refractivity contribution in [1.29, 1.82) is 0 Å². The lowest BCUT2D eigenvalue weighted by atomic mass is 10.1. The Morgan fingerprint density at radius 2 is 1.54 bits per heavy atom. The van der Waals surface area contributed by atoms with Gasteiger partial charge in [-0.1, -0.05) is 23.7 Å². The number of hydrogen-bond donors (Lipinski definition) is 2. The first-order valence-corrected chi connectivity index (χ1v) is 9.18. The number of benzene rings is 2. The number of anilines is 2. The summed E-state index contributed by atoms with van der Waals surface area (Å²) in [6.07, 6.45) is 3.72. The van der Waals surface area contributed by atoms with Gasteiger partial charge in [0.2, 0.25) is 0 Å². The second-order valence-corrected chi connectivity index (χ2v) is 6.79. The van der Waals surface area contributed by atoms with E-state index in [9.17, 15) is 9.59 Å². The van der Waals surface area contributed by atoms with Crippen molar-refractivity contribution < 1.29 is 9.59 Å². The maximum atomic E-state index is 12.0. The van der Waals surface area contributed by atoms with Gasteiger partial charge in [0.15, 0.2) is 0 Å². The standard InChI is InChI=1S/C20H22ClN3O2/c21-16-6-4-15(5-7-16)14-22-19(25)20(26)23-17-8-10-18(11-9-17)24-12-2-1-3-13-24/h4-11H,1-3,12-14H2,(H,22,25)(H,23,26). The van der Waals surface area contributed by atoms with Crippen LogP contribution >= 0.6 is 11.6 Å². The summed E-state index contributed by atoms with van der Waals surface area (Å²) in [5, 5.41) is 5.86. The molecule has 136 valence electrons. The zero-order chi connectivity index (χ0) is 18.4. The van der Waals surface area contributed by atoms with Crippen molar-refractivity contribution in [3.63, 3.8) is 0 Å². The summed E-state index contributed by atoms with van der Waals surface area (Å²) in [7, 11) is 0. The number of carbonyl (C=O) groups is 2. The molecule has 2 aromatic carbocycles. The van der Waals surface area contributed by atoms with E-state index in [4.69, 9.17) is 11.6 Å². The quantitative estimate of drug-likeness (QED) is 0.807. The predicted molar refractivity (Wildman–Crippen MR) is 104 cm³/mol. The average Bonchev–Trinajstić information content (AvgIpc) is 2.68. The third kappa shape index (κ3) is 4.99. The van der Waals surface area contributed by atoms with Crippen LogP contribution in [0.2, 0.25) is 5.02 Å². The minimum Gasteiger partial charge on any atom is -0.372 e. The molecule has 0 aliphatic carbocycles. The first-order valence-electron chi connectivity index (χ1n) is 8.80. The Hall–Kier alpha value is -2.53. The van der Waals surface area contributed by atoms with Gasteiger partial charge in [-0.25, -0.2) is 0 Å². The smallest absolute Gasteiger partial charge is 0.313 e. The maximum absolute atomic E-state index is 12.0. The molecule has 0 radical (unpaired) electrons. The lowest BCUT2D eigenvalue weighted by Gasteiger charge is -2.28. The van der Waals surface area contributed by atoms with Crippen LogP contribution in [0.15, 0.2) is 48.5 Å². The fourth-order valence-corrected chi connectivity index (χ4v) is 3.09. The van der Waals surface area contributed by atoms with E-state index in [0.717, 1.165) is 24.3 Å². The molecule has 2 amide bonds. The lowest BCUT2D eigenvalue weighted by molar-refractivity contribution is -0.136. The maximum Gasteiger partial charge on any atom is 0.313 e. The van der Waals surface area contributed by atoms with Crippen LogP contribution in [0.3, 0.4) is 0 Å². The summed E-state index contributed by atoms with van der Waals surface area (Å²) in [4.78, 5) is 26.3. The SMILES string of the molecule is O=C(NCc1ccc(Cl)cc1)C(=O)Nc1ccc(N2CCCCC2)cc1. The molecule has 26 heavy (non-hydrogen) atoms. The van der Waals surface area contributed by atoms with Crippen LogP contribution in [0, 0.1) is 0 Å². The summed E-state index contributed by atoms with van der Waals surface area (Å²) in [5.74, 6) is -1.34. The van der Waals surface area contributed by atoms with E-state index in [2.05, 4.69) is 15.5 Å². The number of nitrogens with zero attached hydrogens (tertiary/aromatic N) is 1. The molecule has 0 atom stereocenters. The Morgan fingerprint density at radius 3 is 2.19 bits per heavy atom. The fourth-order valence-electron chi connectivity index (χ4n) is 2.96. The Balaban J connectivity index is 1.50. The topological polar surface area (TPSA) is 61.4 Å². The van der Waals surface area contributed by atoms with Crippen LogP contribution in [0.1, 0.15) is 24.8 Å². The Morgan fingerprint density at radius 1 is 0.885 bits per heavy atom. The van der Waals surface area contributed by atoms with E-state index in [-0.39, 0.29) is 6.54 Å². The molecule has 5 nitrogen and oxygen atoms in total. The fraction of sp³-hybridized carbons (Fsp3) is 0.300. The summed E-state index contributed by atoms with van der Waals surface area (Å²) in [6.45, 7) is 2.41. The van der Waals surface area contributed by atoms with E-state index in [1.165, 1.54) is 19.3 Å². The Kier molecular flexibility index (Phi) is 6.12. The molecule has 1 saturated heterocycles. The number of amides is 2. The highest BCUT2D eigenvalue weighted by molar-refractivity contribution is 6.39. The monoisotopic (exact) mass is 371 g/mol. The van der Waals surface area contributed by atoms with Gasteiger partial charge in [-0.3, -0.25) is 9.59 Å². The van der Waals surface area contributed by atoms with Gasteiger partial charge in [-0.15, -0.1) is 0 Å². The highest BCUT2D eigenvalue weighted by Crippen LogP contribution is 2.21. The van der Waals surface area contributed by atoms with Crippen LogP contribution in [0.4, 0.5) is 11.4 Å². The molecule has 3 rings (SSSR count). The van der Waals surface area contributed by atoms with Crippen LogP contribution in [0.25, 0.3) is 0 Å². The third-order valence-electron chi connectivity index (χ3n) is 4.42. The van der Waals surface area contributed by atoms with Crippen LogP contribution in [-0.4, -0.2) is 24.9 Å². The number of halogens is 1. The highest BCUT2D eigenvalue weighted by Gasteiger charge is 2.14. The molecule has 0 unspecified atom stereocenters. The summed E-state index contributed by atoms with van der Waals surface area (Å²) in [6, 6.07) is 14.7. The first-order chi connectivity index (χ1) is 12.6. The Labute approximate surface area is 158 Å². The largest absolute Gasteiger partial charge is 0.372 e. The molecule has 0 aromatic heterocycles. The van der Waals surface area contributed by atoms with Crippen LogP contribution in [0.5, 0.6) is 0 Å². The summed E-state index contributed by atoms with van der Waals surface area (Å²) < 4.78 is 0. The number of carbonyl (C=O) groups excluding carboxylic acids is 2. The molecule has 1 aliphatic rings. The van der Waals surface area contributed by atoms with Crippen molar-refractivity contribution in [3.05, 3.63) is 59.1 Å². The van der Waals surface area contributed by atoms with Gasteiger partial charge in [-0.05, 0) is 61.2 Å². The van der Waals surface area contributed by atoms with Crippen LogP contribution < -0.4 is 15.5 Å². The van der Waals surface area contributed by atoms with Crippen molar-refractivity contribution in [1.82, 2.24) is 5.32 Å². The zero-order valence-corrected chi connectivity index (χ0v) is 15.3. The molecule has 6 heteroatoms. The number of nitrogens with one attached hydrogen (secondary N) is 2. The minimum absolute atomic E-state index is 0.275. The molecular formula is C20H22ClN3O2. The van der Waals surface area contributed by atoms with Crippen molar-refractivity contribution in [2.24, 2.45) is 0 Å². The van der Waals surface area contributed by atoms with Crippen molar-refractivity contribution in [3.8, 4) is 0 Å². The number of piperidine rings is 1. The predicted octanol–water partition coefficient (Wildman–Crippen LogP) is 3.59. The van der Waals surface area contributed by atoms with E-state index >= 15 is 0 Å². The molecule has 1 aliphatic heterocycles. The van der Waals surface area contributed by atoms with Crippen molar-refractivity contribution in [2.75, 3.05) is 23.3 Å². The Bertz CT molecular complexity index is 754. The van der Waals surface area contributed by atoms with Crippen molar-refractivity contribution in [2.45, 2.75) is 25.8 Å². The zero-order valence-electron chi connectivity index (χ0n) is 14.5. The summed E-state index contributed by atoms with van der Waals surface area (Å²) >= 11 is 5.82. The molecule has 2 aromatic rings. The van der Waals surface area contributed by atoms with Gasteiger partial charge in [0.1, 0.15) is 0 Å². The van der Waals surface area contributed by atoms with Crippen molar-refractivity contribution >= 4 is 34.8 Å². The van der Waals surface area contributed by atoms with E-state index in [1.807, 2.05) is 24.3 Å². The molecule has 1 fully saturated rings. The molecule has 0 bridgehead atoms. The van der Waals surface area contributed by atoms with E-state index in [1.54, 1.807) is 24.3 Å². The second-order valence-electron chi connectivity index (χ2n) is 6.36. The van der Waals surface area contributed by atoms with Gasteiger partial charge in [0.05, 0.1) is 0 Å². The molecular weight excluding hydrogens is 350 g/mol. The van der Waals surface area contributed by atoms with Crippen LogP contribution in [-0.2, 0) is 16.1 Å². The molecule has 2 N–H and O–H groups in total. The van der Waals surface area contributed by atoms with E-state index in [0.29, 0.717) is 10.7 Å². The number of rotatable bonds is 4. The van der Waals surface area contributed by atoms with Gasteiger partial charge < -0.3 is 15.5 Å². The molecule has 1 heterocycles. The van der Waals surface area contributed by atoms with Gasteiger partial charge in [0, 0.05) is 36.0 Å². The molecule has 0 spiro atoms. The van der Waals surface area contributed by atoms with Gasteiger partial charge >= 0.3 is 11.8 Å². The third-order valence-corrected chi connectivity index (χ3v) is 4.67. The first kappa shape index (κ1) is 18.3. The van der Waals surface area contributed by atoms with Gasteiger partial charge in [0.25, 0.3) is 0 Å². The highest BCUT2D eigenvalue weighted by atomic mass is 35.5. The lowest BCUT2D eigenvalue weighted by Crippen LogP contribution is -2.35. The average molecular weight is 372 g/mol. The minimum atomic E-state index is -0.676. The summed E-state index contributed by atoms with van der Waals surface area (Å²) in [5.41, 5.74) is 2.63. The van der Waals surface area contributed by atoms with E-state index < -0.39 is 11.8 Å².